The van der Waals surface area contributed by atoms with E-state index in [0.717, 1.165) is 100 Å². The molecule has 0 spiro atoms. The van der Waals surface area contributed by atoms with E-state index in [2.05, 4.69) is 146 Å². The zero-order valence-corrected chi connectivity index (χ0v) is 69.1. The standard InChI is InChI=1S/C110H96N2O12/c1-9-25-83(26-10-1)69-113-101-53-93(54-102(65-101)114-70-84-27-11-2-12-28-84)77-121-97-49-91(50-98(63-97)122-78-94-55-103(115-71-85-29-13-3-14-30-85)66-104(56-94)116-72-86-31-15-4-16-32-86)43-41-81-45-47-111-109(61-81)110-62-82(46-48-112-110)42-44-92-51-99(123-79-95-57-105(117-73-87-33-17-5-18-34-87)67-106(58-95)118-74-88-35-19-6-20-36-88)64-100(52-92)124-80-96-59-107(119-75-89-37-21-7-22-38-89)68-108(60-96)120-76-90-39-23-8-24-40-90/h1-40,45-68H,41-44,69-80H2. The quantitative estimate of drug-likeness (QED) is 0.0358. The lowest BCUT2D eigenvalue weighted by atomic mass is 10.0. The van der Waals surface area contributed by atoms with E-state index < -0.39 is 0 Å². The molecule has 0 aliphatic rings. The first kappa shape index (κ1) is 82.7. The minimum absolute atomic E-state index is 0.220. The van der Waals surface area contributed by atoms with Gasteiger partial charge in [0.25, 0.3) is 0 Å². The van der Waals surface area contributed by atoms with Crippen molar-refractivity contribution < 1.29 is 56.8 Å². The van der Waals surface area contributed by atoms with Gasteiger partial charge >= 0.3 is 0 Å². The molecule has 16 rings (SSSR count). The molecule has 16 aromatic rings. The van der Waals surface area contributed by atoms with Gasteiger partial charge in [0.2, 0.25) is 0 Å². The van der Waals surface area contributed by atoms with Gasteiger partial charge < -0.3 is 56.8 Å². The van der Waals surface area contributed by atoms with Crippen LogP contribution in [-0.2, 0) is 105 Å². The van der Waals surface area contributed by atoms with Crippen molar-refractivity contribution >= 4 is 0 Å². The van der Waals surface area contributed by atoms with Gasteiger partial charge in [-0.1, -0.05) is 243 Å². The van der Waals surface area contributed by atoms with Crippen molar-refractivity contribution in [2.24, 2.45) is 0 Å². The van der Waals surface area contributed by atoms with Crippen molar-refractivity contribution in [3.05, 3.63) is 478 Å². The Balaban J connectivity index is 0.644. The van der Waals surface area contributed by atoms with Crippen molar-refractivity contribution in [1.82, 2.24) is 9.97 Å². The molecule has 14 nitrogen and oxygen atoms in total. The Morgan fingerprint density at radius 2 is 0.274 bits per heavy atom. The first-order valence-electron chi connectivity index (χ1n) is 41.9. The van der Waals surface area contributed by atoms with Gasteiger partial charge in [-0.05, 0) is 212 Å². The molecule has 0 bridgehead atoms. The van der Waals surface area contributed by atoms with E-state index in [-0.39, 0.29) is 26.4 Å². The number of hydrogen-bond donors (Lipinski definition) is 0. The fourth-order valence-corrected chi connectivity index (χ4v) is 14.1. The van der Waals surface area contributed by atoms with Crippen LogP contribution in [0.4, 0.5) is 0 Å². The van der Waals surface area contributed by atoms with Crippen LogP contribution in [0.15, 0.2) is 389 Å². The van der Waals surface area contributed by atoms with Gasteiger partial charge in [-0.15, -0.1) is 0 Å². The van der Waals surface area contributed by atoms with Gasteiger partial charge in [0.05, 0.1) is 11.4 Å². The van der Waals surface area contributed by atoms with Crippen LogP contribution in [0.25, 0.3) is 11.4 Å². The summed E-state index contributed by atoms with van der Waals surface area (Å²) in [6.07, 6.45) is 6.40. The largest absolute Gasteiger partial charge is 0.489 e. The van der Waals surface area contributed by atoms with E-state index >= 15 is 0 Å². The Morgan fingerprint density at radius 1 is 0.129 bits per heavy atom. The minimum atomic E-state index is 0.220. The molecule has 618 valence electrons. The van der Waals surface area contributed by atoms with Crippen LogP contribution in [0.3, 0.4) is 0 Å². The van der Waals surface area contributed by atoms with E-state index in [1.165, 1.54) is 0 Å². The third-order valence-corrected chi connectivity index (χ3v) is 20.6. The predicted octanol–water partition coefficient (Wildman–Crippen LogP) is 24.7. The molecule has 0 aliphatic carbocycles. The highest BCUT2D eigenvalue weighted by Gasteiger charge is 2.17. The zero-order valence-electron chi connectivity index (χ0n) is 69.1. The van der Waals surface area contributed by atoms with Crippen molar-refractivity contribution in [1.29, 1.82) is 0 Å². The van der Waals surface area contributed by atoms with Gasteiger partial charge in [-0.3, -0.25) is 9.97 Å². The topological polar surface area (TPSA) is 137 Å². The van der Waals surface area contributed by atoms with E-state index in [1.807, 2.05) is 243 Å². The zero-order chi connectivity index (χ0) is 83.8. The molecule has 0 saturated carbocycles. The van der Waals surface area contributed by atoms with Crippen LogP contribution in [0.5, 0.6) is 69.0 Å². The van der Waals surface area contributed by atoms with Gasteiger partial charge in [-0.25, -0.2) is 0 Å². The number of hydrogen-bond acceptors (Lipinski definition) is 14. The first-order valence-corrected chi connectivity index (χ1v) is 41.9. The predicted molar refractivity (Wildman–Crippen MR) is 484 cm³/mol. The minimum Gasteiger partial charge on any atom is -0.489 e. The third-order valence-electron chi connectivity index (χ3n) is 20.6. The maximum absolute atomic E-state index is 6.81. The van der Waals surface area contributed by atoms with Crippen molar-refractivity contribution in [2.75, 3.05) is 0 Å². The summed E-state index contributed by atoms with van der Waals surface area (Å²) in [4.78, 5) is 9.84. The Bertz CT molecular complexity index is 5090. The summed E-state index contributed by atoms with van der Waals surface area (Å²) in [5, 5.41) is 0. The molecule has 2 heterocycles. The highest BCUT2D eigenvalue weighted by Crippen LogP contribution is 2.35. The SMILES string of the molecule is c1ccc(COc2cc(COc3cc(CCc4ccnc(-c5cc(CCc6cc(OCc7cc(OCc8ccccc8)cc(OCc8ccccc8)c7)cc(OCc7cc(OCc8ccccc8)cc(OCc8ccccc8)c7)c6)ccn5)c4)cc(OCc4cc(OCc5ccccc5)cc(OCc5ccccc5)c4)c3)cc(OCc3ccccc3)c2)cc1. The molecular formula is C110H96N2O12. The Hall–Kier alpha value is -15.0. The molecule has 0 aliphatic heterocycles. The second kappa shape index (κ2) is 43.3. The van der Waals surface area contributed by atoms with E-state index in [9.17, 15) is 0 Å². The molecule has 14 aromatic carbocycles. The van der Waals surface area contributed by atoms with Gasteiger partial charge in [0.1, 0.15) is 148 Å². The average Bonchev–Trinajstić information content (AvgIpc) is 0.845. The fourth-order valence-electron chi connectivity index (χ4n) is 14.1. The van der Waals surface area contributed by atoms with Crippen LogP contribution < -0.4 is 56.8 Å². The lowest BCUT2D eigenvalue weighted by molar-refractivity contribution is 0.276. The summed E-state index contributed by atoms with van der Waals surface area (Å²) < 4.78 is 78.7. The number of ether oxygens (including phenoxy) is 12. The highest BCUT2D eigenvalue weighted by atomic mass is 16.5. The smallest absolute Gasteiger partial charge is 0.123 e. The summed E-state index contributed by atoms with van der Waals surface area (Å²) in [6.45, 7) is 4.01. The number of benzene rings is 14. The van der Waals surface area contributed by atoms with Crippen molar-refractivity contribution in [2.45, 2.75) is 105 Å². The molecule has 14 heteroatoms. The number of nitrogens with zero attached hydrogens (tertiary/aromatic N) is 2. The molecular weight excluding hydrogens is 1540 g/mol. The molecule has 0 radical (unpaired) electrons. The van der Waals surface area contributed by atoms with Gasteiger partial charge in [-0.2, -0.15) is 0 Å². The van der Waals surface area contributed by atoms with Crippen molar-refractivity contribution in [3.8, 4) is 80.4 Å². The second-order valence-electron chi connectivity index (χ2n) is 30.3. The number of pyridine rings is 2. The molecule has 0 N–H and O–H groups in total. The van der Waals surface area contributed by atoms with Gasteiger partial charge in [0, 0.05) is 48.8 Å². The maximum atomic E-state index is 6.81. The number of aromatic nitrogens is 2. The van der Waals surface area contributed by atoms with E-state index in [4.69, 9.17) is 66.8 Å². The van der Waals surface area contributed by atoms with E-state index in [1.54, 1.807) is 0 Å². The van der Waals surface area contributed by atoms with Crippen LogP contribution in [0, 0.1) is 0 Å². The molecule has 0 atom stereocenters. The molecule has 0 saturated heterocycles. The summed E-state index contributed by atoms with van der Waals surface area (Å²) >= 11 is 0. The Kier molecular flexibility index (Phi) is 28.9. The summed E-state index contributed by atoms with van der Waals surface area (Å²) in [6, 6.07) is 126. The molecule has 0 unspecified atom stereocenters. The van der Waals surface area contributed by atoms with Crippen molar-refractivity contribution in [3.63, 3.8) is 0 Å². The third kappa shape index (κ3) is 26.0. The first-order chi connectivity index (χ1) is 61.3. The fraction of sp³-hybridized carbons (Fsp3) is 0.145. The lowest BCUT2D eigenvalue weighted by Gasteiger charge is -2.16. The highest BCUT2D eigenvalue weighted by molar-refractivity contribution is 5.56. The number of rotatable bonds is 43. The molecule has 2 aromatic heterocycles. The van der Waals surface area contributed by atoms with Crippen LogP contribution in [-0.4, -0.2) is 9.97 Å². The van der Waals surface area contributed by atoms with Gasteiger partial charge in [0.15, 0.2) is 0 Å². The average molecular weight is 1640 g/mol. The van der Waals surface area contributed by atoms with Crippen LogP contribution >= 0.6 is 0 Å². The maximum Gasteiger partial charge on any atom is 0.123 e. The Labute approximate surface area is 725 Å². The number of aryl methyl sites for hydroxylation is 4. The summed E-state index contributed by atoms with van der Waals surface area (Å²) in [7, 11) is 0. The normalized spacial score (nSPS) is 10.9. The van der Waals surface area contributed by atoms with Crippen LogP contribution in [0.2, 0.25) is 0 Å². The molecule has 0 amide bonds. The summed E-state index contributed by atoms with van der Waals surface area (Å²) in [5.74, 6) is 7.90. The monoisotopic (exact) mass is 1640 g/mol. The second-order valence-corrected chi connectivity index (χ2v) is 30.3. The lowest BCUT2D eigenvalue weighted by Crippen LogP contribution is -2.03. The molecule has 124 heavy (non-hydrogen) atoms. The Morgan fingerprint density at radius 3 is 0.444 bits per heavy atom. The van der Waals surface area contributed by atoms with Crippen LogP contribution in [0.1, 0.15) is 89.0 Å². The molecule has 0 fully saturated rings. The summed E-state index contributed by atoms with van der Waals surface area (Å²) in [5.41, 5.74) is 17.7. The van der Waals surface area contributed by atoms with E-state index in [0.29, 0.717) is 148 Å².